The van der Waals surface area contributed by atoms with Gasteiger partial charge in [-0.25, -0.2) is 4.98 Å². The van der Waals surface area contributed by atoms with E-state index in [2.05, 4.69) is 20.5 Å². The molecule has 4 N–H and O–H groups in total. The van der Waals surface area contributed by atoms with Gasteiger partial charge in [-0.3, -0.25) is 14.7 Å². The molecule has 3 aromatic heterocycles. The van der Waals surface area contributed by atoms with Gasteiger partial charge in [0.05, 0.1) is 11.3 Å². The average Bonchev–Trinajstić information content (AvgIpc) is 3.27. The quantitative estimate of drug-likeness (QED) is 0.545. The van der Waals surface area contributed by atoms with E-state index in [9.17, 15) is 9.59 Å². The Morgan fingerprint density at radius 1 is 1.29 bits per heavy atom. The molecule has 0 fully saturated rings. The largest absolute Gasteiger partial charge is 0.366 e. The summed E-state index contributed by atoms with van der Waals surface area (Å²) in [6.45, 7) is 0. The number of carbonyl (C=O) groups excluding carboxylic acids is 2. The van der Waals surface area contributed by atoms with E-state index in [1.165, 1.54) is 28.0 Å². The van der Waals surface area contributed by atoms with E-state index in [-0.39, 0.29) is 11.7 Å². The van der Waals surface area contributed by atoms with Crippen LogP contribution in [0.25, 0.3) is 0 Å². The maximum Gasteiger partial charge on any atom is 0.251 e. The molecule has 2 amide bonds. The number of amides is 2. The monoisotopic (exact) mass is 379 g/mol. The Balaban J connectivity index is 1.52. The highest BCUT2D eigenvalue weighted by Crippen LogP contribution is 2.23. The van der Waals surface area contributed by atoms with E-state index < -0.39 is 5.91 Å². The standard InChI is InChI=1S/C14H13N5O2S3/c15-12(21)9-3-5-23-13(9)17-11(20)7-24-14-16-10(18-19-14)6-8-2-1-4-22-8/h1-5H,6-7H2,(H2,15,21)(H,17,20)(H,16,18,19). The molecule has 0 spiro atoms. The highest BCUT2D eigenvalue weighted by molar-refractivity contribution is 7.99. The summed E-state index contributed by atoms with van der Waals surface area (Å²) in [5.41, 5.74) is 5.56. The zero-order valence-corrected chi connectivity index (χ0v) is 14.8. The zero-order chi connectivity index (χ0) is 16.9. The number of thiophene rings is 2. The Labute approximate surface area is 149 Å². The fraction of sp³-hybridized carbons (Fsp3) is 0.143. The summed E-state index contributed by atoms with van der Waals surface area (Å²) < 4.78 is 0. The average molecular weight is 379 g/mol. The molecule has 0 radical (unpaired) electrons. The number of carbonyl (C=O) groups is 2. The molecule has 0 aromatic carbocycles. The molecule has 3 rings (SSSR count). The molecule has 0 unspecified atom stereocenters. The van der Waals surface area contributed by atoms with Crippen LogP contribution in [-0.4, -0.2) is 32.7 Å². The van der Waals surface area contributed by atoms with Gasteiger partial charge in [0.25, 0.3) is 5.91 Å². The smallest absolute Gasteiger partial charge is 0.251 e. The number of hydrogen-bond donors (Lipinski definition) is 3. The van der Waals surface area contributed by atoms with Crippen molar-refractivity contribution in [3.63, 3.8) is 0 Å². The van der Waals surface area contributed by atoms with Crippen LogP contribution in [0.2, 0.25) is 0 Å². The van der Waals surface area contributed by atoms with Crippen LogP contribution in [0.15, 0.2) is 34.1 Å². The number of nitrogens with two attached hydrogens (primary N) is 1. The third-order valence-electron chi connectivity index (χ3n) is 2.95. The first kappa shape index (κ1) is 16.7. The molecule has 7 nitrogen and oxygen atoms in total. The van der Waals surface area contributed by atoms with E-state index in [0.717, 1.165) is 5.82 Å². The Kier molecular flexibility index (Phi) is 5.28. The maximum absolute atomic E-state index is 12.0. The van der Waals surface area contributed by atoms with Crippen molar-refractivity contribution >= 4 is 51.3 Å². The predicted octanol–water partition coefficient (Wildman–Crippen LogP) is 2.35. The van der Waals surface area contributed by atoms with E-state index in [1.807, 2.05) is 17.5 Å². The van der Waals surface area contributed by atoms with Crippen molar-refractivity contribution in [2.45, 2.75) is 11.6 Å². The van der Waals surface area contributed by atoms with Gasteiger partial charge in [0.1, 0.15) is 10.8 Å². The summed E-state index contributed by atoms with van der Waals surface area (Å²) in [7, 11) is 0. The lowest BCUT2D eigenvalue weighted by molar-refractivity contribution is -0.113. The van der Waals surface area contributed by atoms with Crippen LogP contribution in [0.3, 0.4) is 0 Å². The fourth-order valence-corrected chi connectivity index (χ4v) is 4.03. The van der Waals surface area contributed by atoms with Gasteiger partial charge in [-0.2, -0.15) is 0 Å². The highest BCUT2D eigenvalue weighted by Gasteiger charge is 2.13. The van der Waals surface area contributed by atoms with Crippen molar-refractivity contribution in [1.29, 1.82) is 0 Å². The number of hydrogen-bond acceptors (Lipinski definition) is 7. The van der Waals surface area contributed by atoms with Crippen LogP contribution in [0.5, 0.6) is 0 Å². The van der Waals surface area contributed by atoms with Gasteiger partial charge < -0.3 is 11.1 Å². The predicted molar refractivity (Wildman–Crippen MR) is 95.7 cm³/mol. The minimum Gasteiger partial charge on any atom is -0.366 e. The number of aromatic amines is 1. The normalized spacial score (nSPS) is 10.7. The SMILES string of the molecule is NC(=O)c1ccsc1NC(=O)CSc1n[nH]c(Cc2cccs2)n1. The molecular weight excluding hydrogens is 366 g/mol. The number of nitrogens with zero attached hydrogens (tertiary/aromatic N) is 2. The molecule has 0 bridgehead atoms. The maximum atomic E-state index is 12.0. The van der Waals surface area contributed by atoms with Crippen molar-refractivity contribution in [1.82, 2.24) is 15.2 Å². The van der Waals surface area contributed by atoms with Crippen LogP contribution < -0.4 is 11.1 Å². The molecule has 124 valence electrons. The van der Waals surface area contributed by atoms with E-state index in [4.69, 9.17) is 5.73 Å². The molecule has 0 aliphatic carbocycles. The Hall–Kier alpha value is -2.17. The van der Waals surface area contributed by atoms with Crippen molar-refractivity contribution in [2.24, 2.45) is 5.73 Å². The molecule has 0 saturated heterocycles. The first-order valence-electron chi connectivity index (χ1n) is 6.85. The molecule has 0 aliphatic rings. The first-order chi connectivity index (χ1) is 11.6. The number of anilines is 1. The molecule has 3 aromatic rings. The van der Waals surface area contributed by atoms with Gasteiger partial charge in [-0.05, 0) is 22.9 Å². The Bertz CT molecular complexity index is 840. The van der Waals surface area contributed by atoms with Crippen LogP contribution in [0.1, 0.15) is 21.1 Å². The fourth-order valence-electron chi connectivity index (χ4n) is 1.89. The molecule has 10 heteroatoms. The number of thioether (sulfide) groups is 1. The zero-order valence-electron chi connectivity index (χ0n) is 12.3. The van der Waals surface area contributed by atoms with Gasteiger partial charge in [0.2, 0.25) is 11.1 Å². The third kappa shape index (κ3) is 4.22. The Morgan fingerprint density at radius 3 is 2.92 bits per heavy atom. The van der Waals surface area contributed by atoms with Crippen molar-refractivity contribution in [3.8, 4) is 0 Å². The minimum atomic E-state index is -0.564. The summed E-state index contributed by atoms with van der Waals surface area (Å²) in [4.78, 5) is 28.7. The lowest BCUT2D eigenvalue weighted by Crippen LogP contribution is -2.17. The second-order valence-corrected chi connectivity index (χ2v) is 7.58. The third-order valence-corrected chi connectivity index (χ3v) is 5.50. The Morgan fingerprint density at radius 2 is 2.17 bits per heavy atom. The summed E-state index contributed by atoms with van der Waals surface area (Å²) in [5, 5.41) is 14.3. The minimum absolute atomic E-state index is 0.145. The summed E-state index contributed by atoms with van der Waals surface area (Å²) in [6.07, 6.45) is 0.689. The van der Waals surface area contributed by atoms with E-state index >= 15 is 0 Å². The van der Waals surface area contributed by atoms with Crippen molar-refractivity contribution in [2.75, 3.05) is 11.1 Å². The van der Waals surface area contributed by atoms with Crippen LogP contribution in [0, 0.1) is 0 Å². The van der Waals surface area contributed by atoms with Crippen molar-refractivity contribution in [3.05, 3.63) is 45.2 Å². The van der Waals surface area contributed by atoms with Crippen LogP contribution in [-0.2, 0) is 11.2 Å². The molecule has 0 aliphatic heterocycles. The topological polar surface area (TPSA) is 114 Å². The van der Waals surface area contributed by atoms with Gasteiger partial charge >= 0.3 is 0 Å². The summed E-state index contributed by atoms with van der Waals surface area (Å²) >= 11 is 4.14. The number of primary amides is 1. The highest BCUT2D eigenvalue weighted by atomic mass is 32.2. The lowest BCUT2D eigenvalue weighted by atomic mass is 10.3. The molecular formula is C14H13N5O2S3. The van der Waals surface area contributed by atoms with Gasteiger partial charge in [-0.1, -0.05) is 17.8 Å². The molecule has 24 heavy (non-hydrogen) atoms. The number of rotatable bonds is 7. The number of nitrogens with one attached hydrogen (secondary N) is 2. The van der Waals surface area contributed by atoms with E-state index in [1.54, 1.807) is 22.8 Å². The lowest BCUT2D eigenvalue weighted by Gasteiger charge is -2.03. The molecule has 3 heterocycles. The van der Waals surface area contributed by atoms with Gasteiger partial charge in [0, 0.05) is 11.3 Å². The number of H-pyrrole nitrogens is 1. The van der Waals surface area contributed by atoms with Gasteiger partial charge in [-0.15, -0.1) is 27.8 Å². The molecule has 0 atom stereocenters. The number of aromatic nitrogens is 3. The second kappa shape index (κ2) is 7.60. The van der Waals surface area contributed by atoms with Crippen LogP contribution in [0.4, 0.5) is 5.00 Å². The molecule has 0 saturated carbocycles. The summed E-state index contributed by atoms with van der Waals surface area (Å²) in [6, 6.07) is 5.61. The van der Waals surface area contributed by atoms with Crippen LogP contribution >= 0.6 is 34.4 Å². The first-order valence-corrected chi connectivity index (χ1v) is 9.60. The second-order valence-electron chi connectivity index (χ2n) is 4.69. The van der Waals surface area contributed by atoms with Gasteiger partial charge in [0.15, 0.2) is 0 Å². The summed E-state index contributed by atoms with van der Waals surface area (Å²) in [5.74, 6) is 0.0995. The van der Waals surface area contributed by atoms with E-state index in [0.29, 0.717) is 22.1 Å². The van der Waals surface area contributed by atoms with Crippen molar-refractivity contribution < 1.29 is 9.59 Å².